The van der Waals surface area contributed by atoms with E-state index < -0.39 is 30.4 Å². The van der Waals surface area contributed by atoms with Crippen LogP contribution in [-0.2, 0) is 9.59 Å². The molecule has 2 atom stereocenters. The fourth-order valence-electron chi connectivity index (χ4n) is 1.71. The topological polar surface area (TPSA) is 122 Å². The number of allylic oxidation sites excluding steroid dienone is 1. The second-order valence-electron chi connectivity index (χ2n) is 4.16. The van der Waals surface area contributed by atoms with Gasteiger partial charge in [-0.25, -0.2) is 9.59 Å². The normalized spacial score (nSPS) is 19.9. The van der Waals surface area contributed by atoms with Gasteiger partial charge in [0.25, 0.3) is 0 Å². The van der Waals surface area contributed by atoms with Gasteiger partial charge in [-0.3, -0.25) is 4.79 Å². The predicted octanol–water partition coefficient (Wildman–Crippen LogP) is -0.277. The molecule has 0 aromatic carbocycles. The summed E-state index contributed by atoms with van der Waals surface area (Å²) in [4.78, 5) is 33.0. The van der Waals surface area contributed by atoms with Crippen LogP contribution in [0.4, 0.5) is 4.79 Å². The lowest BCUT2D eigenvalue weighted by Crippen LogP contribution is -2.50. The Morgan fingerprint density at radius 3 is 2.61 bits per heavy atom. The molecule has 0 aliphatic heterocycles. The number of rotatable bonds is 5. The molecule has 7 heteroatoms. The monoisotopic (exact) mass is 255 g/mol. The van der Waals surface area contributed by atoms with Gasteiger partial charge in [-0.2, -0.15) is 0 Å². The second-order valence-corrected chi connectivity index (χ2v) is 4.16. The third-order valence-electron chi connectivity index (χ3n) is 2.61. The maximum atomic E-state index is 11.5. The van der Waals surface area contributed by atoms with E-state index in [1.54, 1.807) is 0 Å². The number of hydrogen-bond acceptors (Lipinski definition) is 3. The lowest BCUT2D eigenvalue weighted by molar-refractivity contribution is -0.140. The highest BCUT2D eigenvalue weighted by Gasteiger charge is 2.23. The van der Waals surface area contributed by atoms with E-state index in [1.807, 2.05) is 12.2 Å². The van der Waals surface area contributed by atoms with Crippen molar-refractivity contribution in [2.45, 2.75) is 37.8 Å². The summed E-state index contributed by atoms with van der Waals surface area (Å²) in [5, 5.41) is 13.7. The number of nitrogens with one attached hydrogen (secondary N) is 2. The van der Waals surface area contributed by atoms with Crippen LogP contribution in [0.5, 0.6) is 0 Å². The quantitative estimate of drug-likeness (QED) is 0.505. The number of carboxylic acids is 1. The summed E-state index contributed by atoms with van der Waals surface area (Å²) in [6.45, 7) is 0. The second kappa shape index (κ2) is 6.63. The van der Waals surface area contributed by atoms with Crippen molar-refractivity contribution in [1.29, 1.82) is 0 Å². The Bertz CT molecular complexity index is 367. The molecule has 0 heterocycles. The Kier molecular flexibility index (Phi) is 5.16. The molecular formula is C11H17N3O4. The molecule has 1 aliphatic rings. The highest BCUT2D eigenvalue weighted by Crippen LogP contribution is 2.10. The number of aliphatic carboxylic acids is 1. The summed E-state index contributed by atoms with van der Waals surface area (Å²) in [7, 11) is 0. The van der Waals surface area contributed by atoms with Crippen molar-refractivity contribution in [2.24, 2.45) is 5.73 Å². The summed E-state index contributed by atoms with van der Waals surface area (Å²) in [5.74, 6) is -2.06. The maximum Gasteiger partial charge on any atom is 0.326 e. The van der Waals surface area contributed by atoms with Gasteiger partial charge in [-0.15, -0.1) is 0 Å². The molecule has 100 valence electrons. The molecule has 5 N–H and O–H groups in total. The SMILES string of the molecule is NC(=O)C[C@@H](NC(=O)NC1CC=CCC1)C(=O)O. The minimum Gasteiger partial charge on any atom is -0.480 e. The van der Waals surface area contributed by atoms with E-state index in [-0.39, 0.29) is 6.04 Å². The highest BCUT2D eigenvalue weighted by atomic mass is 16.4. The number of primary amides is 1. The summed E-state index contributed by atoms with van der Waals surface area (Å²) in [6, 6.07) is -1.89. The zero-order valence-corrected chi connectivity index (χ0v) is 9.89. The van der Waals surface area contributed by atoms with E-state index in [1.165, 1.54) is 0 Å². The van der Waals surface area contributed by atoms with Crippen molar-refractivity contribution in [3.63, 3.8) is 0 Å². The van der Waals surface area contributed by atoms with Crippen LogP contribution in [0.1, 0.15) is 25.7 Å². The van der Waals surface area contributed by atoms with Crippen molar-refractivity contribution in [3.05, 3.63) is 12.2 Å². The van der Waals surface area contributed by atoms with Gasteiger partial charge in [0.05, 0.1) is 6.42 Å². The van der Waals surface area contributed by atoms with E-state index in [9.17, 15) is 14.4 Å². The average molecular weight is 255 g/mol. The van der Waals surface area contributed by atoms with Gasteiger partial charge in [-0.1, -0.05) is 12.2 Å². The first-order chi connectivity index (χ1) is 8.49. The summed E-state index contributed by atoms with van der Waals surface area (Å²) in [5.41, 5.74) is 4.91. The standard InChI is InChI=1S/C11H17N3O4/c12-9(15)6-8(10(16)17)14-11(18)13-7-4-2-1-3-5-7/h1-2,7-8H,3-6H2,(H2,12,15)(H,16,17)(H2,13,14,18)/t7?,8-/m1/s1. The highest BCUT2D eigenvalue weighted by molar-refractivity contribution is 5.87. The molecule has 0 saturated carbocycles. The van der Waals surface area contributed by atoms with Crippen LogP contribution in [0.3, 0.4) is 0 Å². The number of hydrogen-bond donors (Lipinski definition) is 4. The first kappa shape index (κ1) is 14.0. The maximum absolute atomic E-state index is 11.5. The third-order valence-corrected chi connectivity index (χ3v) is 2.61. The first-order valence-electron chi connectivity index (χ1n) is 5.72. The first-order valence-corrected chi connectivity index (χ1v) is 5.72. The van der Waals surface area contributed by atoms with Crippen molar-refractivity contribution in [2.75, 3.05) is 0 Å². The van der Waals surface area contributed by atoms with Gasteiger partial charge in [0.1, 0.15) is 6.04 Å². The van der Waals surface area contributed by atoms with Crippen LogP contribution in [0.15, 0.2) is 12.2 Å². The molecular weight excluding hydrogens is 238 g/mol. The Hall–Kier alpha value is -2.05. The molecule has 0 radical (unpaired) electrons. The molecule has 0 spiro atoms. The number of nitrogens with two attached hydrogens (primary N) is 1. The molecule has 0 aromatic heterocycles. The van der Waals surface area contributed by atoms with Crippen molar-refractivity contribution < 1.29 is 19.5 Å². The van der Waals surface area contributed by atoms with Gasteiger partial charge in [-0.05, 0) is 19.3 Å². The number of urea groups is 1. The van der Waals surface area contributed by atoms with Crippen LogP contribution < -0.4 is 16.4 Å². The summed E-state index contributed by atoms with van der Waals surface area (Å²) in [6.07, 6.45) is 6.00. The lowest BCUT2D eigenvalue weighted by Gasteiger charge is -2.21. The smallest absolute Gasteiger partial charge is 0.326 e. The predicted molar refractivity (Wildman–Crippen MR) is 63.7 cm³/mol. The third kappa shape index (κ3) is 4.86. The van der Waals surface area contributed by atoms with Gasteiger partial charge >= 0.3 is 12.0 Å². The Labute approximate surface area is 104 Å². The molecule has 3 amide bonds. The van der Waals surface area contributed by atoms with Crippen LogP contribution in [0.25, 0.3) is 0 Å². The largest absolute Gasteiger partial charge is 0.480 e. The van der Waals surface area contributed by atoms with E-state index in [0.717, 1.165) is 19.3 Å². The average Bonchev–Trinajstić information content (AvgIpc) is 2.28. The minimum atomic E-state index is -1.29. The van der Waals surface area contributed by atoms with Gasteiger partial charge in [0, 0.05) is 6.04 Å². The molecule has 0 saturated heterocycles. The van der Waals surface area contributed by atoms with E-state index >= 15 is 0 Å². The Balaban J connectivity index is 2.43. The summed E-state index contributed by atoms with van der Waals surface area (Å²) >= 11 is 0. The summed E-state index contributed by atoms with van der Waals surface area (Å²) < 4.78 is 0. The number of amides is 3. The van der Waals surface area contributed by atoms with Crippen molar-refractivity contribution in [3.8, 4) is 0 Å². The minimum absolute atomic E-state index is 0.00183. The fraction of sp³-hybridized carbons (Fsp3) is 0.545. The van der Waals surface area contributed by atoms with Crippen molar-refractivity contribution in [1.82, 2.24) is 10.6 Å². The zero-order chi connectivity index (χ0) is 13.5. The lowest BCUT2D eigenvalue weighted by atomic mass is 10.0. The van der Waals surface area contributed by atoms with E-state index in [4.69, 9.17) is 10.8 Å². The van der Waals surface area contributed by atoms with Crippen LogP contribution in [-0.4, -0.2) is 35.1 Å². The number of carbonyl (C=O) groups is 3. The molecule has 0 aromatic rings. The van der Waals surface area contributed by atoms with Gasteiger partial charge in [0.2, 0.25) is 5.91 Å². The molecule has 7 nitrogen and oxygen atoms in total. The van der Waals surface area contributed by atoms with E-state index in [2.05, 4.69) is 10.6 Å². The fourth-order valence-corrected chi connectivity index (χ4v) is 1.71. The molecule has 0 bridgehead atoms. The Morgan fingerprint density at radius 1 is 1.39 bits per heavy atom. The number of carbonyl (C=O) groups excluding carboxylic acids is 2. The molecule has 18 heavy (non-hydrogen) atoms. The number of carboxylic acid groups (broad SMARTS) is 1. The van der Waals surface area contributed by atoms with Crippen molar-refractivity contribution >= 4 is 17.9 Å². The molecule has 1 unspecified atom stereocenters. The molecule has 1 aliphatic carbocycles. The zero-order valence-electron chi connectivity index (χ0n) is 9.89. The van der Waals surface area contributed by atoms with Crippen LogP contribution in [0, 0.1) is 0 Å². The van der Waals surface area contributed by atoms with Crippen LogP contribution in [0.2, 0.25) is 0 Å². The Morgan fingerprint density at radius 2 is 2.11 bits per heavy atom. The van der Waals surface area contributed by atoms with Crippen LogP contribution >= 0.6 is 0 Å². The van der Waals surface area contributed by atoms with E-state index in [0.29, 0.717) is 0 Å². The van der Waals surface area contributed by atoms with Gasteiger partial charge in [0.15, 0.2) is 0 Å². The molecule has 0 fully saturated rings. The molecule has 1 rings (SSSR count). The van der Waals surface area contributed by atoms with Gasteiger partial charge < -0.3 is 21.5 Å².